The van der Waals surface area contributed by atoms with Gasteiger partial charge in [-0.25, -0.2) is 4.90 Å². The Morgan fingerprint density at radius 1 is 1.05 bits per heavy atom. The molecule has 42 heavy (non-hydrogen) atoms. The fraction of sp³-hybridized carbons (Fsp3) is 0.379. The number of rotatable bonds is 6. The summed E-state index contributed by atoms with van der Waals surface area (Å²) in [7, 11) is 1.31. The molecule has 6 atom stereocenters. The quantitative estimate of drug-likeness (QED) is 0.172. The number of nitro benzene ring substituents is 1. The van der Waals surface area contributed by atoms with Gasteiger partial charge in [-0.2, -0.15) is 0 Å². The molecule has 2 aliphatic carbocycles. The first-order chi connectivity index (χ1) is 20.0. The number of hydrogen-bond acceptors (Lipinski definition) is 8. The number of fused-ring (bicyclic) bond motifs is 4. The van der Waals surface area contributed by atoms with Gasteiger partial charge in [0, 0.05) is 25.1 Å². The molecule has 13 heteroatoms. The van der Waals surface area contributed by atoms with Gasteiger partial charge in [-0.3, -0.25) is 34.2 Å². The average Bonchev–Trinajstić information content (AvgIpc) is 3.31. The third kappa shape index (κ3) is 3.76. The molecule has 1 saturated carbocycles. The summed E-state index contributed by atoms with van der Waals surface area (Å²) in [5.74, 6) is -5.28. The molecule has 2 saturated heterocycles. The fourth-order valence-electron chi connectivity index (χ4n) is 7.04. The van der Waals surface area contributed by atoms with E-state index in [4.69, 9.17) is 33.0 Å². The summed E-state index contributed by atoms with van der Waals surface area (Å²) in [5.41, 5.74) is 1.00. The first kappa shape index (κ1) is 28.3. The average molecular weight is 614 g/mol. The Morgan fingerprint density at radius 2 is 1.76 bits per heavy atom. The number of benzene rings is 2. The maximum atomic E-state index is 14.0. The molecule has 2 heterocycles. The highest BCUT2D eigenvalue weighted by Crippen LogP contribution is 2.65. The van der Waals surface area contributed by atoms with Gasteiger partial charge >= 0.3 is 0 Å². The molecule has 6 rings (SSSR count). The maximum Gasteiger partial charge on any atom is 0.271 e. The first-order valence-electron chi connectivity index (χ1n) is 13.3. The lowest BCUT2D eigenvalue weighted by atomic mass is 9.56. The van der Waals surface area contributed by atoms with Crippen molar-refractivity contribution >= 4 is 58.2 Å². The van der Waals surface area contributed by atoms with Crippen molar-refractivity contribution in [1.29, 1.82) is 0 Å². The number of anilines is 1. The lowest BCUT2D eigenvalue weighted by molar-refractivity contribution is -0.384. The Bertz CT molecular complexity index is 1580. The predicted octanol–water partition coefficient (Wildman–Crippen LogP) is 3.16. The summed E-state index contributed by atoms with van der Waals surface area (Å²) in [6.45, 7) is -0.0948. The van der Waals surface area contributed by atoms with Crippen LogP contribution in [0.5, 0.6) is 5.75 Å². The fourth-order valence-corrected chi connectivity index (χ4v) is 8.06. The van der Waals surface area contributed by atoms with Gasteiger partial charge in [0.1, 0.15) is 12.4 Å². The van der Waals surface area contributed by atoms with Crippen molar-refractivity contribution in [3.8, 4) is 5.75 Å². The van der Waals surface area contributed by atoms with Crippen molar-refractivity contribution < 1.29 is 33.9 Å². The largest absolute Gasteiger partial charge is 0.491 e. The zero-order valence-electron chi connectivity index (χ0n) is 22.2. The zero-order valence-corrected chi connectivity index (χ0v) is 23.7. The Kier molecular flexibility index (Phi) is 6.67. The minimum Gasteiger partial charge on any atom is -0.491 e. The number of non-ortho nitro benzene ring substituents is 1. The van der Waals surface area contributed by atoms with Crippen molar-refractivity contribution in [1.82, 2.24) is 4.90 Å². The van der Waals surface area contributed by atoms with E-state index in [0.29, 0.717) is 16.9 Å². The Morgan fingerprint density at radius 3 is 2.43 bits per heavy atom. The second-order valence-corrected chi connectivity index (χ2v) is 12.2. The number of carbonyl (C=O) groups excluding carboxylic acids is 4. The van der Waals surface area contributed by atoms with Gasteiger partial charge in [-0.1, -0.05) is 29.8 Å². The molecular weight excluding hydrogens is 589 g/mol. The molecule has 2 aromatic rings. The van der Waals surface area contributed by atoms with Crippen LogP contribution in [-0.4, -0.2) is 68.6 Å². The molecule has 218 valence electrons. The number of halogens is 2. The van der Waals surface area contributed by atoms with E-state index in [1.807, 2.05) is 6.08 Å². The van der Waals surface area contributed by atoms with Crippen molar-refractivity contribution in [2.75, 3.05) is 25.2 Å². The zero-order chi connectivity index (χ0) is 30.1. The molecule has 0 spiro atoms. The molecular formula is C29H25Cl2N3O8. The van der Waals surface area contributed by atoms with E-state index in [2.05, 4.69) is 0 Å². The number of nitro groups is 1. The van der Waals surface area contributed by atoms with E-state index in [1.165, 1.54) is 31.3 Å². The molecule has 2 aliphatic heterocycles. The van der Waals surface area contributed by atoms with Crippen LogP contribution in [0, 0.1) is 27.9 Å². The third-order valence-corrected chi connectivity index (χ3v) is 10.3. The maximum absolute atomic E-state index is 14.0. The third-order valence-electron chi connectivity index (χ3n) is 8.89. The van der Waals surface area contributed by atoms with Gasteiger partial charge < -0.3 is 9.84 Å². The molecule has 4 amide bonds. The Hall–Kier alpha value is -3.80. The van der Waals surface area contributed by atoms with Gasteiger partial charge in [0.15, 0.2) is 9.75 Å². The van der Waals surface area contributed by atoms with E-state index >= 15 is 0 Å². The van der Waals surface area contributed by atoms with Crippen molar-refractivity contribution in [3.05, 3.63) is 75.9 Å². The molecule has 2 aromatic carbocycles. The van der Waals surface area contributed by atoms with Gasteiger partial charge in [-0.15, -0.1) is 23.2 Å². The van der Waals surface area contributed by atoms with Gasteiger partial charge in [0.25, 0.3) is 17.5 Å². The van der Waals surface area contributed by atoms with E-state index in [1.54, 1.807) is 24.3 Å². The van der Waals surface area contributed by atoms with Crippen LogP contribution >= 0.6 is 23.2 Å². The van der Waals surface area contributed by atoms with Crippen LogP contribution in [0.1, 0.15) is 24.3 Å². The van der Waals surface area contributed by atoms with Crippen LogP contribution in [0.4, 0.5) is 11.4 Å². The number of alkyl halides is 2. The summed E-state index contributed by atoms with van der Waals surface area (Å²) in [5, 5.41) is 20.4. The monoisotopic (exact) mass is 613 g/mol. The number of amides is 4. The molecule has 0 radical (unpaired) electrons. The van der Waals surface area contributed by atoms with E-state index in [0.717, 1.165) is 9.80 Å². The van der Waals surface area contributed by atoms with Gasteiger partial charge in [0.05, 0.1) is 29.1 Å². The number of likely N-dealkylation sites (tertiary alicyclic amines) is 1. The van der Waals surface area contributed by atoms with Crippen LogP contribution in [0.15, 0.2) is 60.2 Å². The standard InChI is InChI=1S/C29H25Cl2N3O8/c1-32-26(38)28(30)14-21-19(23(29(28,31)27(32)39)15-5-7-18(8-6-15)42-12-11-35)9-10-20-22(21)25(37)33(24(20)36)16-3-2-4-17(13-16)34(40)41/h2-9,13,20-23,35H,10-12,14H2,1H3/t20-,21+,22-,23-,28+,29-/m0/s1. The molecule has 0 bridgehead atoms. The Balaban J connectivity index is 1.46. The lowest BCUT2D eigenvalue weighted by Crippen LogP contribution is -2.60. The lowest BCUT2D eigenvalue weighted by Gasteiger charge is -2.50. The highest BCUT2D eigenvalue weighted by molar-refractivity contribution is 6.53. The second kappa shape index (κ2) is 9.89. The molecule has 3 fully saturated rings. The van der Waals surface area contributed by atoms with Crippen molar-refractivity contribution in [2.45, 2.75) is 28.5 Å². The number of allylic oxidation sites excluding steroid dienone is 2. The van der Waals surface area contributed by atoms with Crippen LogP contribution < -0.4 is 9.64 Å². The van der Waals surface area contributed by atoms with Crippen LogP contribution in [0.3, 0.4) is 0 Å². The molecule has 11 nitrogen and oxygen atoms in total. The van der Waals surface area contributed by atoms with Crippen LogP contribution in [-0.2, 0) is 19.2 Å². The van der Waals surface area contributed by atoms with E-state index in [-0.39, 0.29) is 37.4 Å². The van der Waals surface area contributed by atoms with Crippen molar-refractivity contribution in [2.24, 2.45) is 17.8 Å². The van der Waals surface area contributed by atoms with E-state index < -0.39 is 62.0 Å². The highest BCUT2D eigenvalue weighted by Gasteiger charge is 2.75. The molecule has 4 aliphatic rings. The van der Waals surface area contributed by atoms with Gasteiger partial charge in [-0.05, 0) is 42.5 Å². The SMILES string of the molecule is CN1C(=O)[C@]2(Cl)C[C@@H]3C(=CC[C@@H]4C(=O)N(c5cccc([N+](=O)[O-])c5)C(=O)[C@@H]43)[C@H](c3ccc(OCCO)cc3)[C@]2(Cl)C1=O. The van der Waals surface area contributed by atoms with Crippen LogP contribution in [0.2, 0.25) is 0 Å². The molecule has 0 aromatic heterocycles. The normalized spacial score (nSPS) is 32.0. The Labute approximate surface area is 249 Å². The number of ether oxygens (including phenoxy) is 1. The first-order valence-corrected chi connectivity index (χ1v) is 14.1. The topological polar surface area (TPSA) is 147 Å². The number of nitrogens with zero attached hydrogens (tertiary/aromatic N) is 3. The summed E-state index contributed by atoms with van der Waals surface area (Å²) >= 11 is 14.3. The van der Waals surface area contributed by atoms with Gasteiger partial charge in [0.2, 0.25) is 11.8 Å². The second-order valence-electron chi connectivity index (χ2n) is 10.9. The summed E-state index contributed by atoms with van der Waals surface area (Å²) in [6.07, 6.45) is 1.82. The molecule has 0 unspecified atom stereocenters. The smallest absolute Gasteiger partial charge is 0.271 e. The number of hydrogen-bond donors (Lipinski definition) is 1. The minimum absolute atomic E-state index is 0.0816. The minimum atomic E-state index is -1.91. The highest BCUT2D eigenvalue weighted by atomic mass is 35.5. The summed E-state index contributed by atoms with van der Waals surface area (Å²) in [4.78, 5) is 63.6. The number of imide groups is 2. The predicted molar refractivity (Wildman–Crippen MR) is 150 cm³/mol. The molecule has 1 N–H and O–H groups in total. The number of aliphatic hydroxyl groups is 1. The van der Waals surface area contributed by atoms with E-state index in [9.17, 15) is 29.3 Å². The van der Waals surface area contributed by atoms with Crippen LogP contribution in [0.25, 0.3) is 0 Å². The summed E-state index contributed by atoms with van der Waals surface area (Å²) in [6, 6.07) is 12.0. The number of aliphatic hydroxyl groups excluding tert-OH is 1. The van der Waals surface area contributed by atoms with Crippen molar-refractivity contribution in [3.63, 3.8) is 0 Å². The summed E-state index contributed by atoms with van der Waals surface area (Å²) < 4.78 is 5.47. The number of carbonyl (C=O) groups is 4.